The van der Waals surface area contributed by atoms with E-state index >= 15 is 0 Å². The summed E-state index contributed by atoms with van der Waals surface area (Å²) < 4.78 is 0. The van der Waals surface area contributed by atoms with E-state index in [1.807, 2.05) is 15.2 Å². The third-order valence-electron chi connectivity index (χ3n) is 7.84. The summed E-state index contributed by atoms with van der Waals surface area (Å²) in [6.45, 7) is 23.3. The van der Waals surface area contributed by atoms with E-state index < -0.39 is 23.4 Å². The first-order valence-electron chi connectivity index (χ1n) is 13.7. The molecule has 0 spiro atoms. The molecule has 3 aliphatic heterocycles. The van der Waals surface area contributed by atoms with E-state index in [1.165, 1.54) is 36.8 Å². The van der Waals surface area contributed by atoms with Gasteiger partial charge in [-0.3, -0.25) is 0 Å². The number of benzene rings is 2. The molecule has 2 bridgehead atoms. The fourth-order valence-electron chi connectivity index (χ4n) is 7.25. The molecule has 0 nitrogen and oxygen atoms in total. The highest BCUT2D eigenvalue weighted by molar-refractivity contribution is 7.92. The van der Waals surface area contributed by atoms with Crippen LogP contribution in [0.3, 0.4) is 0 Å². The Kier molecular flexibility index (Phi) is 7.42. The summed E-state index contributed by atoms with van der Waals surface area (Å²) in [6.07, 6.45) is 5.00. The summed E-state index contributed by atoms with van der Waals surface area (Å²) in [5, 5.41) is 1.90. The minimum atomic E-state index is -1.64. The smallest absolute Gasteiger partial charge is 0.0651 e. The fraction of sp³-hybridized carbons (Fsp3) is 0.438. The van der Waals surface area contributed by atoms with Gasteiger partial charge < -0.3 is 0 Å². The van der Waals surface area contributed by atoms with Crippen LogP contribution in [0.5, 0.6) is 0 Å². The van der Waals surface area contributed by atoms with Crippen LogP contribution >= 0.6 is 7.26 Å². The molecule has 2 aromatic rings. The maximum absolute atomic E-state index is 2.77. The van der Waals surface area contributed by atoms with E-state index in [2.05, 4.69) is 120 Å². The van der Waals surface area contributed by atoms with E-state index in [0.29, 0.717) is 5.92 Å². The molecule has 0 saturated heterocycles. The Hall–Kier alpha value is -1.48. The average Bonchev–Trinajstić information content (AvgIpc) is 2.79. The molecule has 2 aromatic carbocycles. The molecule has 3 heteroatoms. The molecule has 0 aromatic heterocycles. The average molecular weight is 518 g/mol. The molecule has 0 atom stereocenters. The molecule has 186 valence electrons. The summed E-state index contributed by atoms with van der Waals surface area (Å²) >= 11 is 0. The molecule has 3 heterocycles. The molecule has 0 amide bonds. The van der Waals surface area contributed by atoms with Crippen molar-refractivity contribution in [1.82, 2.24) is 0 Å². The zero-order chi connectivity index (χ0) is 25.6. The predicted molar refractivity (Wildman–Crippen MR) is 167 cm³/mol. The lowest BCUT2D eigenvalue weighted by Gasteiger charge is -2.52. The van der Waals surface area contributed by atoms with Crippen molar-refractivity contribution in [3.63, 3.8) is 0 Å². The number of hydrogen-bond donors (Lipinski definition) is 0. The third kappa shape index (κ3) is 4.45. The topological polar surface area (TPSA) is 0 Å². The highest BCUT2D eigenvalue weighted by atomic mass is 31.2. The minimum absolute atomic E-state index is 0.423. The minimum Gasteiger partial charge on any atom is -0.0651 e. The van der Waals surface area contributed by atoms with Gasteiger partial charge in [0.25, 0.3) is 0 Å². The Morgan fingerprint density at radius 1 is 0.629 bits per heavy atom. The first-order valence-corrected chi connectivity index (χ1v) is 22.9. The summed E-state index contributed by atoms with van der Waals surface area (Å²) in [4.78, 5) is 3.86. The summed E-state index contributed by atoms with van der Waals surface area (Å²) in [5.74, 6) is 0.423. The van der Waals surface area contributed by atoms with Crippen LogP contribution in [0.25, 0.3) is 11.1 Å². The molecule has 0 saturated carbocycles. The van der Waals surface area contributed by atoms with Crippen molar-refractivity contribution in [2.45, 2.75) is 78.8 Å². The molecule has 5 rings (SSSR count). The van der Waals surface area contributed by atoms with Gasteiger partial charge in [0.15, 0.2) is 0 Å². The Balaban J connectivity index is 2.22. The van der Waals surface area contributed by atoms with E-state index in [4.69, 9.17) is 0 Å². The lowest BCUT2D eigenvalue weighted by atomic mass is 9.77. The summed E-state index contributed by atoms with van der Waals surface area (Å²) in [7, 11) is -4.87. The standard InChI is InChI=1S/C32H46PSi2/c1-10-18-26-27(19-11-2)33(3)31(34(4,5)6)28(24-20-14-12-15-21-24)30(26)29(32(33)35(7,8)9)25-22-16-13-17-23-25/h12-17,20-23,30H,10-11,18-19H2,1-9H3/q+1. The van der Waals surface area contributed by atoms with Crippen LogP contribution in [0.4, 0.5) is 0 Å². The third-order valence-corrected chi connectivity index (χ3v) is 21.8. The van der Waals surface area contributed by atoms with Crippen molar-refractivity contribution < 1.29 is 0 Å². The zero-order valence-corrected chi connectivity index (χ0v) is 26.5. The molecule has 0 fully saturated rings. The Labute approximate surface area is 218 Å². The predicted octanol–water partition coefficient (Wildman–Crippen LogP) is 10.7. The quantitative estimate of drug-likeness (QED) is 0.241. The largest absolute Gasteiger partial charge is 0.124 e. The first kappa shape index (κ1) is 26.6. The lowest BCUT2D eigenvalue weighted by molar-refractivity contribution is 0.791. The van der Waals surface area contributed by atoms with Crippen LogP contribution in [0.2, 0.25) is 39.3 Å². The van der Waals surface area contributed by atoms with E-state index in [0.717, 1.165) is 0 Å². The van der Waals surface area contributed by atoms with Gasteiger partial charge in [-0.2, -0.15) is 0 Å². The van der Waals surface area contributed by atoms with Gasteiger partial charge in [-0.05, 0) is 29.5 Å². The van der Waals surface area contributed by atoms with Crippen molar-refractivity contribution in [1.29, 1.82) is 0 Å². The van der Waals surface area contributed by atoms with Crippen molar-refractivity contribution in [2.75, 3.05) is 6.66 Å². The van der Waals surface area contributed by atoms with Crippen molar-refractivity contribution >= 4 is 34.6 Å². The van der Waals surface area contributed by atoms with E-state index in [-0.39, 0.29) is 0 Å². The van der Waals surface area contributed by atoms with Gasteiger partial charge in [0.1, 0.15) is 16.1 Å². The van der Waals surface area contributed by atoms with Gasteiger partial charge in [-0.15, -0.1) is 0 Å². The molecule has 0 aliphatic carbocycles. The van der Waals surface area contributed by atoms with Gasteiger partial charge in [0.2, 0.25) is 0 Å². The highest BCUT2D eigenvalue weighted by Crippen LogP contribution is 2.87. The number of hydrogen-bond acceptors (Lipinski definition) is 0. The summed E-state index contributed by atoms with van der Waals surface area (Å²) in [5.41, 5.74) is 8.18. The van der Waals surface area contributed by atoms with Crippen molar-refractivity contribution in [3.8, 4) is 0 Å². The van der Waals surface area contributed by atoms with Gasteiger partial charge in [0, 0.05) is 23.5 Å². The zero-order valence-electron chi connectivity index (χ0n) is 23.6. The second-order valence-electron chi connectivity index (χ2n) is 12.7. The van der Waals surface area contributed by atoms with Crippen LogP contribution in [0, 0.1) is 5.92 Å². The van der Waals surface area contributed by atoms with Crippen molar-refractivity contribution in [3.05, 3.63) is 92.6 Å². The van der Waals surface area contributed by atoms with Crippen LogP contribution < -0.4 is 0 Å². The van der Waals surface area contributed by atoms with Crippen molar-refractivity contribution in [2.24, 2.45) is 5.92 Å². The van der Waals surface area contributed by atoms with Crippen LogP contribution in [0.1, 0.15) is 50.7 Å². The van der Waals surface area contributed by atoms with E-state index in [9.17, 15) is 0 Å². The van der Waals surface area contributed by atoms with Gasteiger partial charge in [0.05, 0.1) is 29.1 Å². The van der Waals surface area contributed by atoms with Gasteiger partial charge in [-0.25, -0.2) is 0 Å². The first-order chi connectivity index (χ1) is 16.5. The summed E-state index contributed by atoms with van der Waals surface area (Å²) in [6, 6.07) is 23.0. The Bertz CT molecular complexity index is 1100. The molecule has 3 aliphatic rings. The highest BCUT2D eigenvalue weighted by Gasteiger charge is 2.64. The Morgan fingerprint density at radius 3 is 1.37 bits per heavy atom. The molecule has 0 radical (unpaired) electrons. The fourth-order valence-corrected chi connectivity index (χ4v) is 25.7. The lowest BCUT2D eigenvalue weighted by Crippen LogP contribution is -2.41. The molecule has 0 unspecified atom stereocenters. The van der Waals surface area contributed by atoms with Crippen LogP contribution in [-0.2, 0) is 0 Å². The number of allylic oxidation sites excluding steroid dienone is 4. The van der Waals surface area contributed by atoms with E-state index in [1.54, 1.807) is 16.7 Å². The molecule has 35 heavy (non-hydrogen) atoms. The van der Waals surface area contributed by atoms with Crippen LogP contribution in [-0.4, -0.2) is 22.8 Å². The number of rotatable bonds is 8. The SMILES string of the molecule is CCCC1=C(CCC)[P+]2(C)C([Si](C)(C)C)=C(c3ccccc3)C1C(c1ccccc1)=C2[Si](C)(C)C. The second kappa shape index (κ2) is 9.77. The van der Waals surface area contributed by atoms with Gasteiger partial charge in [-0.1, -0.05) is 120 Å². The van der Waals surface area contributed by atoms with Gasteiger partial charge >= 0.3 is 0 Å². The van der Waals surface area contributed by atoms with Crippen LogP contribution in [0.15, 0.2) is 81.4 Å². The monoisotopic (exact) mass is 517 g/mol. The molecular weight excluding hydrogens is 471 g/mol. The maximum atomic E-state index is 2.77. The molecular formula is C32H46PSi2+. The normalized spacial score (nSPS) is 22.9. The molecule has 0 N–H and O–H groups in total. The second-order valence-corrected chi connectivity index (χ2v) is 27.0. The maximum Gasteiger partial charge on any atom is 0.124 e. The Morgan fingerprint density at radius 2 is 1.03 bits per heavy atom.